The fourth-order valence-corrected chi connectivity index (χ4v) is 5.67. The number of nitrogen functional groups attached to an aromatic ring is 1. The molecule has 0 saturated carbocycles. The van der Waals surface area contributed by atoms with Crippen LogP contribution < -0.4 is 15.5 Å². The Balaban J connectivity index is 1.30. The van der Waals surface area contributed by atoms with Gasteiger partial charge in [-0.2, -0.15) is 4.98 Å². The maximum Gasteiger partial charge on any atom is 0.253 e. The summed E-state index contributed by atoms with van der Waals surface area (Å²) in [5.74, 6) is 1.79. The van der Waals surface area contributed by atoms with Gasteiger partial charge >= 0.3 is 0 Å². The van der Waals surface area contributed by atoms with Crippen LogP contribution in [-0.4, -0.2) is 113 Å². The van der Waals surface area contributed by atoms with Gasteiger partial charge in [0, 0.05) is 87.1 Å². The smallest absolute Gasteiger partial charge is 0.253 e. The molecule has 0 bridgehead atoms. The fourth-order valence-electron chi connectivity index (χ4n) is 5.67. The molecule has 2 saturated heterocycles. The summed E-state index contributed by atoms with van der Waals surface area (Å²) in [6.07, 6.45) is 4.20. The largest absolute Gasteiger partial charge is 0.395 e. The molecule has 1 amide bonds. The molecule has 0 spiro atoms. The number of fused-ring (bicyclic) bond motifs is 1. The normalized spacial score (nSPS) is 17.8. The number of aryl methyl sites for hydroxylation is 1. The molecule has 1 aromatic carbocycles. The Morgan fingerprint density at radius 3 is 2.48 bits per heavy atom. The second kappa shape index (κ2) is 11.3. The lowest BCUT2D eigenvalue weighted by molar-refractivity contribution is 0.0615. The molecule has 0 radical (unpaired) electrons. The van der Waals surface area contributed by atoms with E-state index < -0.39 is 0 Å². The summed E-state index contributed by atoms with van der Waals surface area (Å²) in [6.45, 7) is 9.19. The zero-order valence-corrected chi connectivity index (χ0v) is 22.8. The van der Waals surface area contributed by atoms with E-state index in [-0.39, 0.29) is 18.5 Å². The molecule has 0 aliphatic carbocycles. The minimum atomic E-state index is 0.0442. The van der Waals surface area contributed by atoms with Gasteiger partial charge in [0.2, 0.25) is 11.9 Å². The van der Waals surface area contributed by atoms with Crippen LogP contribution in [0.1, 0.15) is 21.5 Å². The first-order valence-corrected chi connectivity index (χ1v) is 13.8. The minimum absolute atomic E-state index is 0.0442. The van der Waals surface area contributed by atoms with Gasteiger partial charge < -0.3 is 30.3 Å². The van der Waals surface area contributed by atoms with E-state index in [2.05, 4.69) is 24.7 Å². The maximum atomic E-state index is 13.3. The molecule has 6 rings (SSSR count). The summed E-state index contributed by atoms with van der Waals surface area (Å²) >= 11 is 0. The van der Waals surface area contributed by atoms with Crippen LogP contribution in [0.4, 0.5) is 23.4 Å². The van der Waals surface area contributed by atoms with E-state index in [4.69, 9.17) is 20.4 Å². The van der Waals surface area contributed by atoms with E-state index >= 15 is 0 Å². The summed E-state index contributed by atoms with van der Waals surface area (Å²) < 4.78 is 5.55. The van der Waals surface area contributed by atoms with E-state index in [9.17, 15) is 9.90 Å². The van der Waals surface area contributed by atoms with Crippen molar-refractivity contribution in [2.75, 3.05) is 87.7 Å². The first-order chi connectivity index (χ1) is 19.5. The predicted octanol–water partition coefficient (Wildman–Crippen LogP) is 1.11. The third-order valence-corrected chi connectivity index (χ3v) is 7.86. The molecule has 3 aliphatic heterocycles. The number of aromatic nitrogens is 4. The van der Waals surface area contributed by atoms with Crippen LogP contribution >= 0.6 is 0 Å². The third-order valence-electron chi connectivity index (χ3n) is 7.86. The predicted molar refractivity (Wildman–Crippen MR) is 152 cm³/mol. The number of ether oxygens (including phenoxy) is 1. The number of aliphatic hydroxyl groups excluding tert-OH is 1. The molecule has 3 aliphatic rings. The van der Waals surface area contributed by atoms with Crippen molar-refractivity contribution in [3.05, 3.63) is 47.3 Å². The number of amides is 1. The number of carbonyl (C=O) groups is 1. The number of β-amino-alcohol motifs (C(OH)–C–C–N with tert-alkyl or cyclic N) is 1. The van der Waals surface area contributed by atoms with E-state index in [1.165, 1.54) is 0 Å². The number of morpholine rings is 1. The Labute approximate surface area is 233 Å². The third kappa shape index (κ3) is 5.17. The fraction of sp³-hybridized carbons (Fsp3) is 0.464. The Bertz CT molecular complexity index is 1370. The SMILES string of the molecule is Cc1cc(C(=O)N2CCN(CCO)CC2)ccc1N1CCc2c(-c3cnc(N)nc3)nc(N3CCOCC3)nc21. The van der Waals surface area contributed by atoms with Crippen LogP contribution in [0.5, 0.6) is 0 Å². The van der Waals surface area contributed by atoms with Crippen molar-refractivity contribution < 1.29 is 14.6 Å². The van der Waals surface area contributed by atoms with E-state index in [0.29, 0.717) is 44.4 Å². The molecule has 12 nitrogen and oxygen atoms in total. The number of benzene rings is 1. The van der Waals surface area contributed by atoms with Crippen molar-refractivity contribution in [3.8, 4) is 11.3 Å². The van der Waals surface area contributed by atoms with Crippen molar-refractivity contribution >= 4 is 29.3 Å². The van der Waals surface area contributed by atoms with Crippen molar-refractivity contribution in [2.24, 2.45) is 0 Å². The van der Waals surface area contributed by atoms with Crippen LogP contribution in [0.15, 0.2) is 30.6 Å². The number of aliphatic hydroxyl groups is 1. The van der Waals surface area contributed by atoms with E-state index in [1.54, 1.807) is 12.4 Å². The Morgan fingerprint density at radius 2 is 1.77 bits per heavy atom. The Morgan fingerprint density at radius 1 is 1.02 bits per heavy atom. The van der Waals surface area contributed by atoms with Crippen molar-refractivity contribution in [3.63, 3.8) is 0 Å². The zero-order chi connectivity index (χ0) is 27.6. The van der Waals surface area contributed by atoms with Gasteiger partial charge in [-0.1, -0.05) is 0 Å². The van der Waals surface area contributed by atoms with Crippen LogP contribution in [-0.2, 0) is 11.2 Å². The number of carbonyl (C=O) groups excluding carboxylic acids is 1. The average molecular weight is 546 g/mol. The average Bonchev–Trinajstić information content (AvgIpc) is 3.41. The number of hydrogen-bond donors (Lipinski definition) is 2. The van der Waals surface area contributed by atoms with Gasteiger partial charge in [-0.3, -0.25) is 9.69 Å². The van der Waals surface area contributed by atoms with Gasteiger partial charge in [-0.25, -0.2) is 15.0 Å². The molecule has 2 aromatic heterocycles. The monoisotopic (exact) mass is 545 g/mol. The second-order valence-electron chi connectivity index (χ2n) is 10.4. The quantitative estimate of drug-likeness (QED) is 0.461. The van der Waals surface area contributed by atoms with Gasteiger partial charge in [-0.05, 0) is 37.1 Å². The summed E-state index contributed by atoms with van der Waals surface area (Å²) in [5.41, 5.74) is 11.2. The van der Waals surface area contributed by atoms with Crippen molar-refractivity contribution in [2.45, 2.75) is 13.3 Å². The first-order valence-electron chi connectivity index (χ1n) is 13.8. The van der Waals surface area contributed by atoms with Crippen LogP contribution in [0.25, 0.3) is 11.3 Å². The van der Waals surface area contributed by atoms with E-state index in [0.717, 1.165) is 73.0 Å². The van der Waals surface area contributed by atoms with Crippen LogP contribution in [0.2, 0.25) is 0 Å². The van der Waals surface area contributed by atoms with Gasteiger partial charge in [0.1, 0.15) is 5.82 Å². The lowest BCUT2D eigenvalue weighted by Crippen LogP contribution is -2.49. The number of nitrogens with zero attached hydrogens (tertiary/aromatic N) is 8. The molecule has 12 heteroatoms. The zero-order valence-electron chi connectivity index (χ0n) is 22.8. The van der Waals surface area contributed by atoms with Crippen LogP contribution in [0.3, 0.4) is 0 Å². The molecule has 3 N–H and O–H groups in total. The molecule has 210 valence electrons. The van der Waals surface area contributed by atoms with Gasteiger partial charge in [0.15, 0.2) is 0 Å². The molecule has 0 atom stereocenters. The molecular formula is C28H35N9O3. The first kappa shape index (κ1) is 26.4. The number of nitrogens with two attached hydrogens (primary N) is 1. The Kier molecular flexibility index (Phi) is 7.46. The maximum absolute atomic E-state index is 13.3. The summed E-state index contributed by atoms with van der Waals surface area (Å²) in [6, 6.07) is 5.93. The molecular weight excluding hydrogens is 510 g/mol. The molecule has 2 fully saturated rings. The highest BCUT2D eigenvalue weighted by Crippen LogP contribution is 2.40. The highest BCUT2D eigenvalue weighted by molar-refractivity contribution is 5.95. The molecule has 0 unspecified atom stereocenters. The van der Waals surface area contributed by atoms with Gasteiger partial charge in [-0.15, -0.1) is 0 Å². The van der Waals surface area contributed by atoms with Gasteiger partial charge in [0.05, 0.1) is 25.5 Å². The lowest BCUT2D eigenvalue weighted by Gasteiger charge is -2.34. The summed E-state index contributed by atoms with van der Waals surface area (Å²) in [5, 5.41) is 9.19. The number of rotatable bonds is 6. The van der Waals surface area contributed by atoms with Crippen molar-refractivity contribution in [1.29, 1.82) is 0 Å². The molecule has 5 heterocycles. The Hall–Kier alpha value is -3.87. The van der Waals surface area contributed by atoms with E-state index in [1.807, 2.05) is 30.0 Å². The lowest BCUT2D eigenvalue weighted by atomic mass is 10.1. The summed E-state index contributed by atoms with van der Waals surface area (Å²) in [4.78, 5) is 40.2. The van der Waals surface area contributed by atoms with Gasteiger partial charge in [0.25, 0.3) is 5.91 Å². The summed E-state index contributed by atoms with van der Waals surface area (Å²) in [7, 11) is 0. The highest BCUT2D eigenvalue weighted by Gasteiger charge is 2.30. The standard InChI is InChI=1S/C28H35N9O3/c1-19-16-20(26(39)35-8-6-34(7-9-35)10-13-38)2-3-23(19)37-5-4-22-24(21-17-30-27(29)31-18-21)32-28(33-25(22)37)36-11-14-40-15-12-36/h2-3,16-18,38H,4-15H2,1H3,(H2,29,30,31). The molecule has 40 heavy (non-hydrogen) atoms. The van der Waals surface area contributed by atoms with Crippen LogP contribution in [0, 0.1) is 6.92 Å². The molecule has 3 aromatic rings. The topological polar surface area (TPSA) is 137 Å². The van der Waals surface area contributed by atoms with Crippen molar-refractivity contribution in [1.82, 2.24) is 29.7 Å². The number of hydrogen-bond acceptors (Lipinski definition) is 11. The second-order valence-corrected chi connectivity index (χ2v) is 10.4. The number of anilines is 4. The minimum Gasteiger partial charge on any atom is -0.395 e. The highest BCUT2D eigenvalue weighted by atomic mass is 16.5. The number of piperazine rings is 1.